The van der Waals surface area contributed by atoms with Crippen LogP contribution in [0.4, 0.5) is 5.69 Å². The first kappa shape index (κ1) is 10.8. The summed E-state index contributed by atoms with van der Waals surface area (Å²) in [6, 6.07) is 6.38. The molecule has 0 aliphatic carbocycles. The van der Waals surface area contributed by atoms with Gasteiger partial charge in [-0.25, -0.2) is 0 Å². The van der Waals surface area contributed by atoms with Gasteiger partial charge in [-0.2, -0.15) is 5.10 Å². The summed E-state index contributed by atoms with van der Waals surface area (Å²) in [5.41, 5.74) is 2.75. The number of halogens is 1. The third-order valence-electron chi connectivity index (χ3n) is 2.27. The van der Waals surface area contributed by atoms with Crippen LogP contribution in [0.2, 0.25) is 0 Å². The monoisotopic (exact) mass is 281 g/mol. The second kappa shape index (κ2) is 4.05. The number of nitrogens with one attached hydrogen (secondary N) is 1. The molecule has 0 saturated heterocycles. The Bertz CT molecular complexity index is 514. The average Bonchev–Trinajstić information content (AvgIpc) is 2.59. The molecule has 82 valence electrons. The van der Waals surface area contributed by atoms with Crippen LogP contribution in [-0.4, -0.2) is 15.1 Å². The molecule has 2 aromatic rings. The van der Waals surface area contributed by atoms with E-state index in [9.17, 15) is 10.1 Å². The zero-order chi connectivity index (χ0) is 11.7. The molecule has 0 bridgehead atoms. The number of aromatic nitrogens is 2. The molecule has 0 radical (unpaired) electrons. The summed E-state index contributed by atoms with van der Waals surface area (Å²) in [4.78, 5) is 10.1. The maximum atomic E-state index is 10.5. The van der Waals surface area contributed by atoms with E-state index < -0.39 is 4.92 Å². The Hall–Kier alpha value is -1.69. The first-order valence-electron chi connectivity index (χ1n) is 4.55. The number of rotatable bonds is 2. The topological polar surface area (TPSA) is 71.8 Å². The minimum atomic E-state index is -0.416. The van der Waals surface area contributed by atoms with Crippen molar-refractivity contribution < 1.29 is 4.92 Å². The molecule has 0 aliphatic rings. The molecule has 1 N–H and O–H groups in total. The molecule has 16 heavy (non-hydrogen) atoms. The molecule has 2 rings (SSSR count). The fourth-order valence-electron chi connectivity index (χ4n) is 1.49. The molecule has 0 spiro atoms. The van der Waals surface area contributed by atoms with Crippen LogP contribution in [0.1, 0.15) is 5.69 Å². The van der Waals surface area contributed by atoms with E-state index >= 15 is 0 Å². The Morgan fingerprint density at radius 3 is 2.44 bits per heavy atom. The van der Waals surface area contributed by atoms with Gasteiger partial charge in [-0.15, -0.1) is 0 Å². The number of hydrogen-bond donors (Lipinski definition) is 1. The zero-order valence-electron chi connectivity index (χ0n) is 8.40. The first-order chi connectivity index (χ1) is 7.59. The highest BCUT2D eigenvalue weighted by Crippen LogP contribution is 2.30. The van der Waals surface area contributed by atoms with Gasteiger partial charge in [-0.3, -0.25) is 15.2 Å². The lowest BCUT2D eigenvalue weighted by Crippen LogP contribution is -1.87. The van der Waals surface area contributed by atoms with Crippen molar-refractivity contribution in [3.8, 4) is 11.1 Å². The van der Waals surface area contributed by atoms with Crippen molar-refractivity contribution in [2.75, 3.05) is 0 Å². The van der Waals surface area contributed by atoms with Gasteiger partial charge < -0.3 is 0 Å². The van der Waals surface area contributed by atoms with E-state index in [0.717, 1.165) is 21.4 Å². The molecule has 0 unspecified atom stereocenters. The second-order valence-electron chi connectivity index (χ2n) is 3.30. The summed E-state index contributed by atoms with van der Waals surface area (Å²) in [5.74, 6) is 0. The molecule has 1 aromatic carbocycles. The zero-order valence-corrected chi connectivity index (χ0v) is 9.98. The van der Waals surface area contributed by atoms with Crippen molar-refractivity contribution in [1.29, 1.82) is 0 Å². The van der Waals surface area contributed by atoms with E-state index in [1.165, 1.54) is 12.1 Å². The van der Waals surface area contributed by atoms with E-state index in [1.54, 1.807) is 12.1 Å². The summed E-state index contributed by atoms with van der Waals surface area (Å²) >= 11 is 3.35. The molecule has 0 saturated carbocycles. The van der Waals surface area contributed by atoms with Gasteiger partial charge in [0.25, 0.3) is 5.69 Å². The SMILES string of the molecule is Cc1n[nH]c(Br)c1-c1ccc([N+](=O)[O-])cc1. The number of aryl methyl sites for hydroxylation is 1. The lowest BCUT2D eigenvalue weighted by atomic mass is 10.1. The lowest BCUT2D eigenvalue weighted by Gasteiger charge is -1.99. The fraction of sp³-hybridized carbons (Fsp3) is 0.100. The van der Waals surface area contributed by atoms with Crippen LogP contribution in [0, 0.1) is 17.0 Å². The highest BCUT2D eigenvalue weighted by molar-refractivity contribution is 9.10. The van der Waals surface area contributed by atoms with E-state index in [4.69, 9.17) is 0 Å². The highest BCUT2D eigenvalue weighted by Gasteiger charge is 2.11. The molecule has 0 aliphatic heterocycles. The van der Waals surface area contributed by atoms with Crippen LogP contribution in [0.15, 0.2) is 28.9 Å². The van der Waals surface area contributed by atoms with Gasteiger partial charge in [-0.1, -0.05) is 0 Å². The Morgan fingerprint density at radius 2 is 2.00 bits per heavy atom. The van der Waals surface area contributed by atoms with Crippen molar-refractivity contribution in [3.63, 3.8) is 0 Å². The summed E-state index contributed by atoms with van der Waals surface area (Å²) in [6.07, 6.45) is 0. The maximum Gasteiger partial charge on any atom is 0.269 e. The Labute approximate surface area is 99.8 Å². The Morgan fingerprint density at radius 1 is 1.38 bits per heavy atom. The van der Waals surface area contributed by atoms with Gasteiger partial charge >= 0.3 is 0 Å². The number of H-pyrrole nitrogens is 1. The lowest BCUT2D eigenvalue weighted by molar-refractivity contribution is -0.384. The summed E-state index contributed by atoms with van der Waals surface area (Å²) in [7, 11) is 0. The summed E-state index contributed by atoms with van der Waals surface area (Å²) in [6.45, 7) is 1.87. The van der Waals surface area contributed by atoms with Crippen molar-refractivity contribution in [3.05, 3.63) is 44.7 Å². The minimum absolute atomic E-state index is 0.0843. The molecule has 1 heterocycles. The van der Waals surface area contributed by atoms with Crippen molar-refractivity contribution in [2.24, 2.45) is 0 Å². The average molecular weight is 282 g/mol. The number of hydrogen-bond acceptors (Lipinski definition) is 3. The number of non-ortho nitro benzene ring substituents is 1. The second-order valence-corrected chi connectivity index (χ2v) is 4.09. The number of aromatic amines is 1. The van der Waals surface area contributed by atoms with E-state index in [-0.39, 0.29) is 5.69 Å². The third kappa shape index (κ3) is 1.83. The molecule has 6 heteroatoms. The van der Waals surface area contributed by atoms with Crippen LogP contribution in [0.5, 0.6) is 0 Å². The van der Waals surface area contributed by atoms with Gasteiger partial charge in [0, 0.05) is 17.7 Å². The standard InChI is InChI=1S/C10H8BrN3O2/c1-6-9(10(11)13-12-6)7-2-4-8(5-3-7)14(15)16/h2-5H,1H3,(H,12,13). The molecular formula is C10H8BrN3O2. The van der Waals surface area contributed by atoms with Gasteiger partial charge in [0.2, 0.25) is 0 Å². The Balaban J connectivity index is 2.46. The summed E-state index contributed by atoms with van der Waals surface area (Å²) < 4.78 is 0.777. The molecule has 0 atom stereocenters. The van der Waals surface area contributed by atoms with Crippen LogP contribution in [0.3, 0.4) is 0 Å². The van der Waals surface area contributed by atoms with Gasteiger partial charge in [-0.05, 0) is 40.5 Å². The van der Waals surface area contributed by atoms with E-state index in [2.05, 4.69) is 26.1 Å². The number of nitro benzene ring substituents is 1. The quantitative estimate of drug-likeness (QED) is 0.679. The van der Waals surface area contributed by atoms with Crippen LogP contribution < -0.4 is 0 Å². The van der Waals surface area contributed by atoms with E-state index in [0.29, 0.717) is 0 Å². The number of benzene rings is 1. The first-order valence-corrected chi connectivity index (χ1v) is 5.34. The van der Waals surface area contributed by atoms with Crippen molar-refractivity contribution in [2.45, 2.75) is 6.92 Å². The van der Waals surface area contributed by atoms with E-state index in [1.807, 2.05) is 6.92 Å². The largest absolute Gasteiger partial charge is 0.270 e. The van der Waals surface area contributed by atoms with Crippen LogP contribution in [-0.2, 0) is 0 Å². The third-order valence-corrected chi connectivity index (χ3v) is 2.84. The normalized spacial score (nSPS) is 10.4. The van der Waals surface area contributed by atoms with Crippen LogP contribution >= 0.6 is 15.9 Å². The van der Waals surface area contributed by atoms with Gasteiger partial charge in [0.15, 0.2) is 0 Å². The molecular weight excluding hydrogens is 274 g/mol. The molecule has 0 amide bonds. The van der Waals surface area contributed by atoms with Gasteiger partial charge in [0.1, 0.15) is 4.60 Å². The van der Waals surface area contributed by atoms with Crippen molar-refractivity contribution >= 4 is 21.6 Å². The summed E-state index contributed by atoms with van der Waals surface area (Å²) in [5, 5.41) is 17.4. The predicted molar refractivity (Wildman–Crippen MR) is 63.1 cm³/mol. The van der Waals surface area contributed by atoms with Gasteiger partial charge in [0.05, 0.1) is 10.6 Å². The van der Waals surface area contributed by atoms with Crippen molar-refractivity contribution in [1.82, 2.24) is 10.2 Å². The number of nitrogens with zero attached hydrogens (tertiary/aromatic N) is 2. The van der Waals surface area contributed by atoms with Crippen LogP contribution in [0.25, 0.3) is 11.1 Å². The molecule has 1 aromatic heterocycles. The maximum absolute atomic E-state index is 10.5. The fourth-order valence-corrected chi connectivity index (χ4v) is 2.09. The predicted octanol–water partition coefficient (Wildman–Crippen LogP) is 3.06. The minimum Gasteiger partial charge on any atom is -0.270 e. The smallest absolute Gasteiger partial charge is 0.269 e. The Kier molecular flexibility index (Phi) is 2.74. The number of nitro groups is 1. The highest BCUT2D eigenvalue weighted by atomic mass is 79.9. The molecule has 5 nitrogen and oxygen atoms in total. The molecule has 0 fully saturated rings.